The Morgan fingerprint density at radius 3 is 2.25 bits per heavy atom. The zero-order chi connectivity index (χ0) is 17.5. The van der Waals surface area contributed by atoms with E-state index in [0.29, 0.717) is 5.58 Å². The maximum Gasteiger partial charge on any atom is 0.347 e. The molecule has 1 heterocycles. The van der Waals surface area contributed by atoms with E-state index in [2.05, 4.69) is 20.8 Å². The van der Waals surface area contributed by atoms with Crippen molar-refractivity contribution in [2.45, 2.75) is 33.1 Å². The third-order valence-corrected chi connectivity index (χ3v) is 4.17. The van der Waals surface area contributed by atoms with Crippen LogP contribution in [0.3, 0.4) is 0 Å². The number of fused-ring (bicyclic) bond motifs is 1. The summed E-state index contributed by atoms with van der Waals surface area (Å²) in [5, 5.41) is 0.790. The number of carbonyl (C=O) groups excluding carboxylic acids is 1. The first-order valence-electron chi connectivity index (χ1n) is 7.97. The third-order valence-electron chi connectivity index (χ3n) is 4.17. The summed E-state index contributed by atoms with van der Waals surface area (Å²) in [5.74, 6) is -0.286. The van der Waals surface area contributed by atoms with Gasteiger partial charge in [-0.05, 0) is 29.5 Å². The summed E-state index contributed by atoms with van der Waals surface area (Å²) in [4.78, 5) is 24.0. The highest BCUT2D eigenvalue weighted by molar-refractivity contribution is 6.01. The first kappa shape index (κ1) is 16.2. The van der Waals surface area contributed by atoms with E-state index in [-0.39, 0.29) is 16.8 Å². The van der Waals surface area contributed by atoms with Gasteiger partial charge < -0.3 is 4.42 Å². The Morgan fingerprint density at radius 2 is 1.67 bits per heavy atom. The van der Waals surface area contributed by atoms with Crippen LogP contribution in [0.4, 0.5) is 0 Å². The number of Topliss-reactive ketones (excluding diaryl/α,β-unsaturated/α-hetero) is 1. The van der Waals surface area contributed by atoms with Crippen molar-refractivity contribution in [1.29, 1.82) is 0 Å². The Kier molecular flexibility index (Phi) is 3.88. The fourth-order valence-corrected chi connectivity index (χ4v) is 2.91. The second-order valence-electron chi connectivity index (χ2n) is 7.02. The summed E-state index contributed by atoms with van der Waals surface area (Å²) >= 11 is 0. The Hall–Kier alpha value is -2.68. The summed E-state index contributed by atoms with van der Waals surface area (Å²) in [6.45, 7) is 7.60. The maximum absolute atomic E-state index is 12.2. The second-order valence-corrected chi connectivity index (χ2v) is 7.02. The molecule has 0 atom stereocenters. The molecule has 0 radical (unpaired) electrons. The van der Waals surface area contributed by atoms with Gasteiger partial charge >= 0.3 is 5.63 Å². The number of benzene rings is 2. The molecule has 0 unspecified atom stereocenters. The quantitative estimate of drug-likeness (QED) is 0.495. The molecule has 2 aromatic carbocycles. The van der Waals surface area contributed by atoms with Crippen LogP contribution in [0.25, 0.3) is 22.1 Å². The fraction of sp³-hybridized carbons (Fsp3) is 0.238. The topological polar surface area (TPSA) is 47.3 Å². The zero-order valence-corrected chi connectivity index (χ0v) is 14.3. The van der Waals surface area contributed by atoms with Gasteiger partial charge in [0.2, 0.25) is 0 Å². The number of ketones is 1. The van der Waals surface area contributed by atoms with Gasteiger partial charge in [0, 0.05) is 10.9 Å². The van der Waals surface area contributed by atoms with Crippen molar-refractivity contribution in [3.05, 3.63) is 70.1 Å². The lowest BCUT2D eigenvalue weighted by molar-refractivity contribution is 0.101. The van der Waals surface area contributed by atoms with Gasteiger partial charge in [0.25, 0.3) is 0 Å². The molecule has 1 aromatic heterocycles. The molecule has 0 aliphatic carbocycles. The minimum absolute atomic E-state index is 0.0886. The van der Waals surface area contributed by atoms with E-state index < -0.39 is 5.63 Å². The standard InChI is InChI=1S/C21H20O3/c1-13(22)16-12-17-15(14-8-6-5-7-9-14)10-11-18(21(2,3)4)19(17)24-20(16)23/h5-12H,1-4H3. The summed E-state index contributed by atoms with van der Waals surface area (Å²) < 4.78 is 5.60. The van der Waals surface area contributed by atoms with Crippen LogP contribution in [0.15, 0.2) is 57.7 Å². The van der Waals surface area contributed by atoms with Crippen molar-refractivity contribution in [3.8, 4) is 11.1 Å². The smallest absolute Gasteiger partial charge is 0.347 e. The predicted molar refractivity (Wildman–Crippen MR) is 96.6 cm³/mol. The van der Waals surface area contributed by atoms with Gasteiger partial charge in [-0.25, -0.2) is 4.79 Å². The molecule has 3 aromatic rings. The Bertz CT molecular complexity index is 974. The van der Waals surface area contributed by atoms with Gasteiger partial charge in [0.15, 0.2) is 5.78 Å². The van der Waals surface area contributed by atoms with E-state index in [9.17, 15) is 9.59 Å². The Labute approximate surface area is 140 Å². The second kappa shape index (κ2) is 5.75. The van der Waals surface area contributed by atoms with Crippen molar-refractivity contribution in [1.82, 2.24) is 0 Å². The molecule has 0 amide bonds. The lowest BCUT2D eigenvalue weighted by atomic mass is 9.84. The van der Waals surface area contributed by atoms with Crippen LogP contribution in [0.5, 0.6) is 0 Å². The number of hydrogen-bond donors (Lipinski definition) is 0. The fourth-order valence-electron chi connectivity index (χ4n) is 2.91. The molecule has 0 aliphatic rings. The minimum atomic E-state index is -0.578. The van der Waals surface area contributed by atoms with Crippen molar-refractivity contribution in [2.75, 3.05) is 0 Å². The van der Waals surface area contributed by atoms with Crippen molar-refractivity contribution in [2.24, 2.45) is 0 Å². The largest absolute Gasteiger partial charge is 0.422 e. The van der Waals surface area contributed by atoms with Crippen molar-refractivity contribution < 1.29 is 9.21 Å². The maximum atomic E-state index is 12.2. The highest BCUT2D eigenvalue weighted by Gasteiger charge is 2.22. The Balaban J connectivity index is 2.45. The van der Waals surface area contributed by atoms with Crippen LogP contribution in [-0.4, -0.2) is 5.78 Å². The number of rotatable bonds is 2. The molecule has 0 saturated heterocycles. The van der Waals surface area contributed by atoms with Gasteiger partial charge in [0.05, 0.1) is 0 Å². The average Bonchev–Trinajstić information content (AvgIpc) is 2.52. The molecule has 0 aliphatic heterocycles. The average molecular weight is 320 g/mol. The summed E-state index contributed by atoms with van der Waals surface area (Å²) in [7, 11) is 0. The molecule has 3 nitrogen and oxygen atoms in total. The molecule has 0 saturated carbocycles. The van der Waals surface area contributed by atoms with E-state index >= 15 is 0 Å². The highest BCUT2D eigenvalue weighted by Crippen LogP contribution is 2.35. The molecule has 3 heteroatoms. The Morgan fingerprint density at radius 1 is 1.00 bits per heavy atom. The first-order valence-corrected chi connectivity index (χ1v) is 7.97. The van der Waals surface area contributed by atoms with Crippen LogP contribution in [-0.2, 0) is 5.41 Å². The number of hydrogen-bond acceptors (Lipinski definition) is 3. The summed E-state index contributed by atoms with van der Waals surface area (Å²) in [6.07, 6.45) is 0. The van der Waals surface area contributed by atoms with Gasteiger partial charge in [-0.2, -0.15) is 0 Å². The van der Waals surface area contributed by atoms with Crippen LogP contribution in [0, 0.1) is 0 Å². The third kappa shape index (κ3) is 2.78. The number of carbonyl (C=O) groups is 1. The van der Waals surface area contributed by atoms with Crippen molar-refractivity contribution in [3.63, 3.8) is 0 Å². The van der Waals surface area contributed by atoms with Crippen LogP contribution in [0.1, 0.15) is 43.6 Å². The summed E-state index contributed by atoms with van der Waals surface area (Å²) in [5.41, 5.74) is 2.80. The SMILES string of the molecule is CC(=O)c1cc2c(-c3ccccc3)ccc(C(C)(C)C)c2oc1=O. The van der Waals surface area contributed by atoms with Crippen molar-refractivity contribution >= 4 is 16.8 Å². The predicted octanol–water partition coefficient (Wildman–Crippen LogP) is 4.96. The van der Waals surface area contributed by atoms with E-state index in [1.54, 1.807) is 6.07 Å². The van der Waals surface area contributed by atoms with E-state index in [1.807, 2.05) is 42.5 Å². The molecule has 24 heavy (non-hydrogen) atoms. The van der Waals surface area contributed by atoms with Gasteiger partial charge in [-0.3, -0.25) is 4.79 Å². The molecule has 0 fully saturated rings. The highest BCUT2D eigenvalue weighted by atomic mass is 16.4. The van der Waals surface area contributed by atoms with E-state index in [1.165, 1.54) is 6.92 Å². The minimum Gasteiger partial charge on any atom is -0.422 e. The summed E-state index contributed by atoms with van der Waals surface area (Å²) in [6, 6.07) is 15.6. The van der Waals surface area contributed by atoms with Crippen LogP contribution < -0.4 is 5.63 Å². The lowest BCUT2D eigenvalue weighted by Gasteiger charge is -2.21. The molecule has 0 bridgehead atoms. The zero-order valence-electron chi connectivity index (χ0n) is 14.3. The van der Waals surface area contributed by atoms with Crippen LogP contribution in [0.2, 0.25) is 0 Å². The normalized spacial score (nSPS) is 11.7. The monoisotopic (exact) mass is 320 g/mol. The van der Waals surface area contributed by atoms with Crippen LogP contribution >= 0.6 is 0 Å². The molecular weight excluding hydrogens is 300 g/mol. The van der Waals surface area contributed by atoms with Gasteiger partial charge in [0.1, 0.15) is 11.1 Å². The lowest BCUT2D eigenvalue weighted by Crippen LogP contribution is -2.16. The van der Waals surface area contributed by atoms with E-state index in [4.69, 9.17) is 4.42 Å². The molecule has 122 valence electrons. The molecular formula is C21H20O3. The first-order chi connectivity index (χ1) is 11.3. The van der Waals surface area contributed by atoms with Gasteiger partial charge in [-0.15, -0.1) is 0 Å². The molecule has 0 N–H and O–H groups in total. The van der Waals surface area contributed by atoms with Gasteiger partial charge in [-0.1, -0.05) is 63.2 Å². The molecule has 3 rings (SSSR count). The molecule has 0 spiro atoms. The van der Waals surface area contributed by atoms with E-state index in [0.717, 1.165) is 22.1 Å².